The van der Waals surface area contributed by atoms with E-state index in [2.05, 4.69) is 38.8 Å². The number of amides is 1. The molecule has 2 bridgehead atoms. The molecule has 3 fully saturated rings. The fourth-order valence-electron chi connectivity index (χ4n) is 4.97. The summed E-state index contributed by atoms with van der Waals surface area (Å²) in [6.07, 6.45) is 4.19. The monoisotopic (exact) mass is 321 g/mol. The molecule has 124 valence electrons. The SMILES string of the molecule is BC(=O)N1CC2C3CCC(C3)C2[C@H]1CO[Si](C)(C)C(C)(C)C. The Morgan fingerprint density at radius 2 is 1.91 bits per heavy atom. The van der Waals surface area contributed by atoms with Gasteiger partial charge in [0.15, 0.2) is 14.1 Å². The average Bonchev–Trinajstić information content (AvgIpc) is 3.06. The van der Waals surface area contributed by atoms with Crippen molar-refractivity contribution in [2.45, 2.75) is 64.2 Å². The molecule has 0 aromatic rings. The Morgan fingerprint density at radius 1 is 1.27 bits per heavy atom. The minimum atomic E-state index is -1.74. The fraction of sp³-hybridized carbons (Fsp3) is 0.941. The van der Waals surface area contributed by atoms with E-state index in [0.717, 1.165) is 30.9 Å². The number of hydrogen-bond donors (Lipinski definition) is 0. The van der Waals surface area contributed by atoms with Crippen molar-refractivity contribution in [1.29, 1.82) is 0 Å². The zero-order chi connectivity index (χ0) is 16.3. The van der Waals surface area contributed by atoms with Crippen LogP contribution in [0.25, 0.3) is 0 Å². The Kier molecular flexibility index (Phi) is 4.04. The quantitative estimate of drug-likeness (QED) is 0.748. The molecule has 3 nitrogen and oxygen atoms in total. The van der Waals surface area contributed by atoms with Crippen LogP contribution < -0.4 is 0 Å². The molecule has 3 aliphatic rings. The third kappa shape index (κ3) is 2.58. The topological polar surface area (TPSA) is 29.5 Å². The van der Waals surface area contributed by atoms with Gasteiger partial charge in [0.05, 0.1) is 12.6 Å². The molecule has 0 N–H and O–H groups in total. The zero-order valence-electron chi connectivity index (χ0n) is 15.2. The molecule has 5 heteroatoms. The lowest BCUT2D eigenvalue weighted by molar-refractivity contribution is 0.137. The summed E-state index contributed by atoms with van der Waals surface area (Å²) in [5.41, 5.74) is 0. The van der Waals surface area contributed by atoms with Crippen LogP contribution >= 0.6 is 0 Å². The highest BCUT2D eigenvalue weighted by atomic mass is 28.4. The number of carbonyl (C=O) groups excluding carboxylic acids is 1. The Bertz CT molecular complexity index is 462. The predicted octanol–water partition coefficient (Wildman–Crippen LogP) is 3.11. The first kappa shape index (κ1) is 16.6. The van der Waals surface area contributed by atoms with Crippen LogP contribution in [-0.4, -0.2) is 46.1 Å². The van der Waals surface area contributed by atoms with E-state index >= 15 is 0 Å². The summed E-state index contributed by atoms with van der Waals surface area (Å²) in [4.78, 5) is 14.3. The summed E-state index contributed by atoms with van der Waals surface area (Å²) in [6, 6.07) is 0.340. The molecule has 3 rings (SSSR count). The molecule has 2 saturated carbocycles. The van der Waals surface area contributed by atoms with Gasteiger partial charge in [-0.15, -0.1) is 0 Å². The number of fused-ring (bicyclic) bond motifs is 5. The second kappa shape index (κ2) is 5.37. The van der Waals surface area contributed by atoms with E-state index in [1.165, 1.54) is 19.3 Å². The lowest BCUT2D eigenvalue weighted by Crippen LogP contribution is -2.47. The minimum absolute atomic E-state index is 0.237. The van der Waals surface area contributed by atoms with Gasteiger partial charge >= 0.3 is 0 Å². The van der Waals surface area contributed by atoms with Crippen LogP contribution in [0.3, 0.4) is 0 Å². The first-order valence-corrected chi connectivity index (χ1v) is 11.9. The van der Waals surface area contributed by atoms with Crippen LogP contribution in [0, 0.1) is 23.7 Å². The van der Waals surface area contributed by atoms with Gasteiger partial charge in [0.2, 0.25) is 7.85 Å². The smallest absolute Gasteiger partial charge is 0.215 e. The molecule has 4 unspecified atom stereocenters. The Hall–Kier alpha value is -0.288. The molecule has 2 aliphatic carbocycles. The summed E-state index contributed by atoms with van der Waals surface area (Å²) < 4.78 is 6.52. The zero-order valence-corrected chi connectivity index (χ0v) is 16.2. The standard InChI is InChI=1S/C17H32BNO2Si/c1-17(2,3)22(4,5)21-10-14-15-12-7-6-11(8-12)13(15)9-19(14)16(18)20/h11-15H,6-10,18H2,1-5H3/t11?,12?,13?,14-,15?/m1/s1. The van der Waals surface area contributed by atoms with E-state index in [1.54, 1.807) is 7.85 Å². The number of hydrogen-bond acceptors (Lipinski definition) is 2. The minimum Gasteiger partial charge on any atom is -0.415 e. The molecule has 1 aliphatic heterocycles. The first-order valence-electron chi connectivity index (χ1n) is 9.03. The van der Waals surface area contributed by atoms with Gasteiger partial charge in [-0.2, -0.15) is 0 Å². The van der Waals surface area contributed by atoms with E-state index < -0.39 is 8.32 Å². The normalized spacial score (nSPS) is 37.7. The number of rotatable bonds is 3. The second-order valence-electron chi connectivity index (χ2n) is 9.38. The van der Waals surface area contributed by atoms with Gasteiger partial charge in [0.1, 0.15) is 0 Å². The number of nitrogens with zero attached hydrogens (tertiary/aromatic N) is 1. The molecule has 0 radical (unpaired) electrons. The molecule has 1 saturated heterocycles. The van der Waals surface area contributed by atoms with Crippen LogP contribution in [0.15, 0.2) is 0 Å². The second-order valence-corrected chi connectivity index (χ2v) is 14.2. The van der Waals surface area contributed by atoms with Gasteiger partial charge in [0, 0.05) is 6.54 Å². The maximum atomic E-state index is 12.1. The molecular formula is C17H32BNO2Si. The first-order chi connectivity index (χ1) is 10.1. The lowest BCUT2D eigenvalue weighted by Gasteiger charge is -2.39. The van der Waals surface area contributed by atoms with Crippen molar-refractivity contribution < 1.29 is 9.22 Å². The van der Waals surface area contributed by atoms with E-state index in [9.17, 15) is 4.79 Å². The highest BCUT2D eigenvalue weighted by molar-refractivity contribution is 6.74. The Balaban J connectivity index is 1.74. The van der Waals surface area contributed by atoms with Gasteiger partial charge < -0.3 is 9.33 Å². The molecule has 1 amide bonds. The molecule has 1 heterocycles. The highest BCUT2D eigenvalue weighted by Gasteiger charge is 2.57. The average molecular weight is 321 g/mol. The van der Waals surface area contributed by atoms with E-state index in [1.807, 2.05) is 0 Å². The molecule has 0 spiro atoms. The van der Waals surface area contributed by atoms with Gasteiger partial charge in [-0.1, -0.05) is 20.8 Å². The molecule has 0 aromatic carbocycles. The number of carbonyl (C=O) groups is 1. The maximum absolute atomic E-state index is 12.1. The van der Waals surface area contributed by atoms with E-state index in [0.29, 0.717) is 12.0 Å². The van der Waals surface area contributed by atoms with E-state index in [-0.39, 0.29) is 10.8 Å². The lowest BCUT2D eigenvalue weighted by atomic mass is 9.78. The van der Waals surface area contributed by atoms with Crippen LogP contribution in [0.2, 0.25) is 18.1 Å². The predicted molar refractivity (Wildman–Crippen MR) is 95.4 cm³/mol. The van der Waals surface area contributed by atoms with Gasteiger partial charge in [-0.05, 0) is 61.1 Å². The van der Waals surface area contributed by atoms with Crippen LogP contribution in [-0.2, 0) is 4.43 Å². The van der Waals surface area contributed by atoms with Gasteiger partial charge in [-0.25, -0.2) is 0 Å². The van der Waals surface area contributed by atoms with Crippen molar-refractivity contribution in [2.75, 3.05) is 13.2 Å². The van der Waals surface area contributed by atoms with Crippen molar-refractivity contribution in [3.05, 3.63) is 0 Å². The molecule has 0 aromatic heterocycles. The largest absolute Gasteiger partial charge is 0.415 e. The molecule has 5 atom stereocenters. The molecule has 22 heavy (non-hydrogen) atoms. The number of likely N-dealkylation sites (tertiary alicyclic amines) is 1. The maximum Gasteiger partial charge on any atom is 0.215 e. The third-order valence-corrected chi connectivity index (χ3v) is 11.7. The summed E-state index contributed by atoms with van der Waals surface area (Å²) in [5.74, 6) is 3.46. The Labute approximate surface area is 137 Å². The van der Waals surface area contributed by atoms with Gasteiger partial charge in [0.25, 0.3) is 0 Å². The Morgan fingerprint density at radius 3 is 2.50 bits per heavy atom. The third-order valence-electron chi connectivity index (χ3n) is 7.24. The summed E-state index contributed by atoms with van der Waals surface area (Å²) in [6.45, 7) is 13.3. The van der Waals surface area contributed by atoms with Gasteiger partial charge in [-0.3, -0.25) is 4.79 Å². The van der Waals surface area contributed by atoms with E-state index in [4.69, 9.17) is 4.43 Å². The summed E-state index contributed by atoms with van der Waals surface area (Å²) in [5, 5.41) is 0.237. The van der Waals surface area contributed by atoms with Crippen molar-refractivity contribution in [3.8, 4) is 0 Å². The fourth-order valence-corrected chi connectivity index (χ4v) is 5.99. The highest BCUT2D eigenvalue weighted by Crippen LogP contribution is 2.57. The summed E-state index contributed by atoms with van der Waals surface area (Å²) >= 11 is 0. The summed E-state index contributed by atoms with van der Waals surface area (Å²) in [7, 11) is -0.00135. The van der Waals surface area contributed by atoms with Crippen LogP contribution in [0.4, 0.5) is 4.79 Å². The van der Waals surface area contributed by atoms with Crippen molar-refractivity contribution in [3.63, 3.8) is 0 Å². The molecular weight excluding hydrogens is 289 g/mol. The van der Waals surface area contributed by atoms with Crippen molar-refractivity contribution in [1.82, 2.24) is 4.90 Å². The van der Waals surface area contributed by atoms with Crippen LogP contribution in [0.5, 0.6) is 0 Å². The van der Waals surface area contributed by atoms with Crippen LogP contribution in [0.1, 0.15) is 40.0 Å². The van der Waals surface area contributed by atoms with Crippen molar-refractivity contribution in [2.24, 2.45) is 23.7 Å². The van der Waals surface area contributed by atoms with Crippen molar-refractivity contribution >= 4 is 22.0 Å².